The van der Waals surface area contributed by atoms with E-state index < -0.39 is 11.1 Å². The number of rotatable bonds is 7. The van der Waals surface area contributed by atoms with Crippen molar-refractivity contribution in [3.63, 3.8) is 0 Å². The molecule has 0 aromatic rings. The summed E-state index contributed by atoms with van der Waals surface area (Å²) in [5.41, 5.74) is 0. The van der Waals surface area contributed by atoms with E-state index in [4.69, 9.17) is 9.47 Å². The fourth-order valence-corrected chi connectivity index (χ4v) is 1.26. The Morgan fingerprint density at radius 3 is 3.00 bits per heavy atom. The predicted octanol–water partition coefficient (Wildman–Crippen LogP) is 0.102. The van der Waals surface area contributed by atoms with E-state index in [0.717, 1.165) is 13.0 Å². The Balaban J connectivity index is 1.78. The van der Waals surface area contributed by atoms with E-state index in [1.54, 1.807) is 0 Å². The van der Waals surface area contributed by atoms with Crippen molar-refractivity contribution in [3.8, 4) is 0 Å². The monoisotopic (exact) mass is 194 g/mol. The van der Waals surface area contributed by atoms with Gasteiger partial charge in [-0.15, -0.1) is 0 Å². The molecule has 2 atom stereocenters. The highest BCUT2D eigenvalue weighted by Gasteiger charge is 2.21. The molecule has 2 unspecified atom stereocenters. The summed E-state index contributed by atoms with van der Waals surface area (Å²) in [5.74, 6) is 0.544. The van der Waals surface area contributed by atoms with Crippen LogP contribution in [0.1, 0.15) is 6.42 Å². The Hall–Kier alpha value is 0.0300. The van der Waals surface area contributed by atoms with Crippen LogP contribution in [0.4, 0.5) is 0 Å². The van der Waals surface area contributed by atoms with Gasteiger partial charge in [-0.05, 0) is 6.42 Å². The van der Waals surface area contributed by atoms with Crippen LogP contribution in [0.2, 0.25) is 0 Å². The largest absolute Gasteiger partial charge is 0.379 e. The van der Waals surface area contributed by atoms with Crippen LogP contribution in [0.15, 0.2) is 0 Å². The van der Waals surface area contributed by atoms with Crippen LogP contribution >= 0.6 is 0 Å². The van der Waals surface area contributed by atoms with Crippen LogP contribution in [0.5, 0.6) is 0 Å². The first-order chi connectivity index (χ1) is 5.83. The second kappa shape index (κ2) is 5.64. The molecule has 1 rings (SSSR count). The van der Waals surface area contributed by atoms with Crippen LogP contribution in [-0.2, 0) is 24.7 Å². The summed E-state index contributed by atoms with van der Waals surface area (Å²) in [5, 5.41) is 0. The van der Waals surface area contributed by atoms with Gasteiger partial charge in [-0.3, -0.25) is 4.18 Å². The molecule has 72 valence electrons. The van der Waals surface area contributed by atoms with Gasteiger partial charge < -0.3 is 9.47 Å². The minimum absolute atomic E-state index is 0.318. The molecule has 1 aliphatic rings. The summed E-state index contributed by atoms with van der Waals surface area (Å²) in [6.07, 6.45) is 1.09. The van der Waals surface area contributed by atoms with Gasteiger partial charge in [0.15, 0.2) is 11.1 Å². The molecule has 1 fully saturated rings. The Bertz CT molecular complexity index is 146. The summed E-state index contributed by atoms with van der Waals surface area (Å²) in [6.45, 7) is 2.12. The molecule has 12 heavy (non-hydrogen) atoms. The molecule has 0 saturated carbocycles. The van der Waals surface area contributed by atoms with Gasteiger partial charge in [0.05, 0.1) is 26.1 Å². The molecule has 5 heteroatoms. The highest BCUT2D eigenvalue weighted by Crippen LogP contribution is 2.08. The predicted molar refractivity (Wildman–Crippen MR) is 45.2 cm³/mol. The van der Waals surface area contributed by atoms with Crippen LogP contribution in [0.3, 0.4) is 0 Å². The average molecular weight is 194 g/mol. The first-order valence-corrected chi connectivity index (χ1v) is 5.19. The number of hydrogen-bond donors (Lipinski definition) is 0. The zero-order valence-corrected chi connectivity index (χ0v) is 7.97. The van der Waals surface area contributed by atoms with Crippen molar-refractivity contribution in [2.24, 2.45) is 0 Å². The van der Waals surface area contributed by atoms with Gasteiger partial charge >= 0.3 is 0 Å². The van der Waals surface area contributed by atoms with Crippen molar-refractivity contribution in [1.82, 2.24) is 0 Å². The van der Waals surface area contributed by atoms with Crippen molar-refractivity contribution < 1.29 is 17.9 Å². The maximum atomic E-state index is 10.7. The molecule has 1 saturated heterocycles. The lowest BCUT2D eigenvalue weighted by Gasteiger charge is -2.00. The second-order valence-corrected chi connectivity index (χ2v) is 3.91. The van der Waals surface area contributed by atoms with Gasteiger partial charge in [-0.2, -0.15) is 0 Å². The molecule has 0 aromatic heterocycles. The minimum atomic E-state index is -1.14. The topological polar surface area (TPSA) is 48.1 Å². The van der Waals surface area contributed by atoms with Crippen LogP contribution < -0.4 is 0 Å². The molecule has 0 radical (unpaired) electrons. The number of ether oxygens (including phenoxy) is 2. The third-order valence-electron chi connectivity index (χ3n) is 1.49. The molecule has 0 aromatic carbocycles. The molecule has 0 spiro atoms. The fraction of sp³-hybridized carbons (Fsp3) is 1.00. The van der Waals surface area contributed by atoms with Crippen LogP contribution in [0, 0.1) is 0 Å². The maximum Gasteiger partial charge on any atom is 0.155 e. The molecule has 0 amide bonds. The standard InChI is InChI=1S/C7H14O4S/c1-9-12(8)4-2-3-10-5-7-6-11-7/h7H,2-6H2,1H3. The van der Waals surface area contributed by atoms with E-state index in [1.807, 2.05) is 0 Å². The lowest BCUT2D eigenvalue weighted by Crippen LogP contribution is -2.06. The first-order valence-electron chi connectivity index (χ1n) is 3.95. The van der Waals surface area contributed by atoms with E-state index in [-0.39, 0.29) is 0 Å². The van der Waals surface area contributed by atoms with Gasteiger partial charge in [-0.1, -0.05) is 0 Å². The van der Waals surface area contributed by atoms with E-state index in [1.165, 1.54) is 7.11 Å². The van der Waals surface area contributed by atoms with Crippen LogP contribution in [0.25, 0.3) is 0 Å². The number of epoxide rings is 1. The van der Waals surface area contributed by atoms with E-state index in [0.29, 0.717) is 25.1 Å². The van der Waals surface area contributed by atoms with Gasteiger partial charge in [-0.25, -0.2) is 4.21 Å². The minimum Gasteiger partial charge on any atom is -0.379 e. The quantitative estimate of drug-likeness (QED) is 0.426. The van der Waals surface area contributed by atoms with E-state index >= 15 is 0 Å². The third-order valence-corrected chi connectivity index (χ3v) is 2.49. The molecule has 0 aliphatic carbocycles. The third kappa shape index (κ3) is 4.82. The smallest absolute Gasteiger partial charge is 0.155 e. The molecule has 4 nitrogen and oxygen atoms in total. The van der Waals surface area contributed by atoms with Crippen molar-refractivity contribution >= 4 is 11.1 Å². The highest BCUT2D eigenvalue weighted by molar-refractivity contribution is 7.80. The molecule has 1 heterocycles. The second-order valence-electron chi connectivity index (χ2n) is 2.56. The van der Waals surface area contributed by atoms with Gasteiger partial charge in [0.25, 0.3) is 0 Å². The fourth-order valence-electron chi connectivity index (χ4n) is 0.741. The lowest BCUT2D eigenvalue weighted by atomic mass is 10.5. The van der Waals surface area contributed by atoms with Crippen molar-refractivity contribution in [2.75, 3.05) is 32.7 Å². The highest BCUT2D eigenvalue weighted by atomic mass is 32.2. The zero-order valence-electron chi connectivity index (χ0n) is 7.15. The Morgan fingerprint density at radius 2 is 2.42 bits per heavy atom. The molecule has 0 bridgehead atoms. The number of hydrogen-bond acceptors (Lipinski definition) is 4. The van der Waals surface area contributed by atoms with Gasteiger partial charge in [0, 0.05) is 6.61 Å². The zero-order chi connectivity index (χ0) is 8.81. The normalized spacial score (nSPS) is 23.9. The molecule has 0 N–H and O–H groups in total. The Labute approximate surface area is 74.8 Å². The summed E-state index contributed by atoms with van der Waals surface area (Å²) >= 11 is -1.14. The Kier molecular flexibility index (Phi) is 4.75. The maximum absolute atomic E-state index is 10.7. The van der Waals surface area contributed by atoms with Crippen molar-refractivity contribution in [2.45, 2.75) is 12.5 Å². The van der Waals surface area contributed by atoms with E-state index in [9.17, 15) is 4.21 Å². The van der Waals surface area contributed by atoms with Crippen LogP contribution in [-0.4, -0.2) is 43.0 Å². The SMILES string of the molecule is COS(=O)CCCOCC1CO1. The summed E-state index contributed by atoms with van der Waals surface area (Å²) in [7, 11) is 1.44. The van der Waals surface area contributed by atoms with Crippen molar-refractivity contribution in [1.29, 1.82) is 0 Å². The van der Waals surface area contributed by atoms with Gasteiger partial charge in [0.2, 0.25) is 0 Å². The van der Waals surface area contributed by atoms with Crippen molar-refractivity contribution in [3.05, 3.63) is 0 Å². The lowest BCUT2D eigenvalue weighted by molar-refractivity contribution is 0.117. The average Bonchev–Trinajstić information content (AvgIpc) is 2.87. The first kappa shape index (κ1) is 10.1. The molecular weight excluding hydrogens is 180 g/mol. The van der Waals surface area contributed by atoms with E-state index in [2.05, 4.69) is 4.18 Å². The summed E-state index contributed by atoms with van der Waals surface area (Å²) in [4.78, 5) is 0. The summed E-state index contributed by atoms with van der Waals surface area (Å²) < 4.78 is 25.5. The summed E-state index contributed by atoms with van der Waals surface area (Å²) in [6, 6.07) is 0. The molecule has 1 aliphatic heterocycles. The van der Waals surface area contributed by atoms with Gasteiger partial charge in [0.1, 0.15) is 6.10 Å². The molecular formula is C7H14O4S. The Morgan fingerprint density at radius 1 is 1.67 bits per heavy atom.